The summed E-state index contributed by atoms with van der Waals surface area (Å²) in [5, 5.41) is 22.1. The third kappa shape index (κ3) is 4.37. The molecule has 33 heavy (non-hydrogen) atoms. The lowest BCUT2D eigenvalue weighted by molar-refractivity contribution is -0.185. The molecule has 10 heteroatoms. The summed E-state index contributed by atoms with van der Waals surface area (Å²) in [6, 6.07) is 7.97. The average Bonchev–Trinajstić information content (AvgIpc) is 3.14. The van der Waals surface area contributed by atoms with Crippen molar-refractivity contribution in [3.05, 3.63) is 59.1 Å². The highest BCUT2D eigenvalue weighted by atomic mass is 19.3. The molecule has 8 nitrogen and oxygen atoms in total. The van der Waals surface area contributed by atoms with Gasteiger partial charge in [-0.15, -0.1) is 0 Å². The standard InChI is InChI=1S/C23H21F2N3O5/c1-14-20(21(30)28-22(13-29)6-9-31-10-7-22)16-11-15(4-5-19(16)32-14)33-23(24,25)17-3-2-8-27-18(17)12-26/h2-5,8,11,29H,6-7,9-10,13H2,1H3,(H,28,30). The van der Waals surface area contributed by atoms with E-state index in [1.807, 2.05) is 0 Å². The van der Waals surface area contributed by atoms with Crippen LogP contribution < -0.4 is 10.1 Å². The third-order valence-corrected chi connectivity index (χ3v) is 5.67. The number of carbonyl (C=O) groups is 1. The zero-order valence-corrected chi connectivity index (χ0v) is 17.7. The molecule has 2 N–H and O–H groups in total. The van der Waals surface area contributed by atoms with Crippen LogP contribution in [-0.2, 0) is 10.8 Å². The van der Waals surface area contributed by atoms with Crippen molar-refractivity contribution in [2.75, 3.05) is 19.8 Å². The summed E-state index contributed by atoms with van der Waals surface area (Å²) >= 11 is 0. The minimum Gasteiger partial charge on any atom is -0.461 e. The quantitative estimate of drug-likeness (QED) is 0.582. The molecule has 1 fully saturated rings. The lowest BCUT2D eigenvalue weighted by Gasteiger charge is -2.36. The molecule has 0 radical (unpaired) electrons. The van der Waals surface area contributed by atoms with E-state index in [2.05, 4.69) is 10.3 Å². The fraction of sp³-hybridized carbons (Fsp3) is 0.348. The maximum Gasteiger partial charge on any atom is 0.429 e. The Morgan fingerprint density at radius 3 is 2.82 bits per heavy atom. The van der Waals surface area contributed by atoms with Gasteiger partial charge in [-0.2, -0.15) is 14.0 Å². The Morgan fingerprint density at radius 1 is 1.36 bits per heavy atom. The molecule has 2 aromatic heterocycles. The number of rotatable bonds is 6. The smallest absolute Gasteiger partial charge is 0.429 e. The fourth-order valence-corrected chi connectivity index (χ4v) is 3.87. The molecule has 0 bridgehead atoms. The zero-order chi connectivity index (χ0) is 23.6. The molecule has 1 amide bonds. The van der Waals surface area contributed by atoms with Gasteiger partial charge in [-0.3, -0.25) is 4.79 Å². The molecule has 0 spiro atoms. The van der Waals surface area contributed by atoms with E-state index in [9.17, 15) is 18.7 Å². The van der Waals surface area contributed by atoms with Gasteiger partial charge in [0.05, 0.1) is 17.7 Å². The summed E-state index contributed by atoms with van der Waals surface area (Å²) in [6.45, 7) is 2.13. The second-order valence-electron chi connectivity index (χ2n) is 7.83. The number of halogens is 2. The van der Waals surface area contributed by atoms with E-state index in [1.165, 1.54) is 30.5 Å². The fourth-order valence-electron chi connectivity index (χ4n) is 3.87. The van der Waals surface area contributed by atoms with Crippen molar-refractivity contribution >= 4 is 16.9 Å². The van der Waals surface area contributed by atoms with Gasteiger partial charge in [0.25, 0.3) is 5.91 Å². The topological polar surface area (TPSA) is 118 Å². The monoisotopic (exact) mass is 457 g/mol. The number of aliphatic hydroxyl groups is 1. The van der Waals surface area contributed by atoms with E-state index in [-0.39, 0.29) is 23.3 Å². The average molecular weight is 457 g/mol. The minimum atomic E-state index is -3.84. The molecule has 1 aliphatic rings. The highest BCUT2D eigenvalue weighted by Gasteiger charge is 2.38. The second kappa shape index (κ2) is 8.77. The van der Waals surface area contributed by atoms with Crippen LogP contribution in [0.4, 0.5) is 8.78 Å². The Labute approximate surface area is 187 Å². The van der Waals surface area contributed by atoms with Crippen molar-refractivity contribution in [1.82, 2.24) is 10.3 Å². The normalized spacial score (nSPS) is 15.7. The minimum absolute atomic E-state index is 0.164. The summed E-state index contributed by atoms with van der Waals surface area (Å²) in [5.41, 5.74) is -1.47. The number of nitrogens with one attached hydrogen (secondary N) is 1. The van der Waals surface area contributed by atoms with Crippen LogP contribution in [0.1, 0.15) is 40.2 Å². The Kier molecular flexibility index (Phi) is 6.01. The van der Waals surface area contributed by atoms with Crippen LogP contribution in [0.5, 0.6) is 5.75 Å². The van der Waals surface area contributed by atoms with Crippen molar-refractivity contribution in [3.8, 4) is 11.8 Å². The van der Waals surface area contributed by atoms with Gasteiger partial charge in [-0.25, -0.2) is 4.98 Å². The molecular weight excluding hydrogens is 436 g/mol. The number of hydrogen-bond donors (Lipinski definition) is 2. The van der Waals surface area contributed by atoms with Crippen LogP contribution in [0.15, 0.2) is 40.9 Å². The molecule has 0 atom stereocenters. The van der Waals surface area contributed by atoms with Crippen LogP contribution in [0.2, 0.25) is 0 Å². The molecule has 172 valence electrons. The lowest BCUT2D eigenvalue weighted by atomic mass is 9.90. The first-order valence-corrected chi connectivity index (χ1v) is 10.3. The zero-order valence-electron chi connectivity index (χ0n) is 17.7. The molecule has 0 unspecified atom stereocenters. The molecule has 1 aromatic carbocycles. The number of hydrogen-bond acceptors (Lipinski definition) is 7. The number of pyridine rings is 1. The summed E-state index contributed by atoms with van der Waals surface area (Å²) in [7, 11) is 0. The van der Waals surface area contributed by atoms with Crippen LogP contribution in [-0.4, -0.2) is 41.4 Å². The number of carbonyl (C=O) groups excluding carboxylic acids is 1. The van der Waals surface area contributed by atoms with E-state index in [0.29, 0.717) is 37.4 Å². The Bertz CT molecular complexity index is 1230. The molecule has 0 aliphatic carbocycles. The van der Waals surface area contributed by atoms with E-state index in [1.54, 1.807) is 13.0 Å². The first-order valence-electron chi connectivity index (χ1n) is 10.3. The van der Waals surface area contributed by atoms with Crippen molar-refractivity contribution in [2.45, 2.75) is 31.4 Å². The van der Waals surface area contributed by atoms with Gasteiger partial charge in [0, 0.05) is 24.8 Å². The maximum atomic E-state index is 14.8. The van der Waals surface area contributed by atoms with Gasteiger partial charge in [0.1, 0.15) is 28.7 Å². The number of benzene rings is 1. The van der Waals surface area contributed by atoms with Crippen LogP contribution in [0.3, 0.4) is 0 Å². The predicted octanol–water partition coefficient (Wildman–Crippen LogP) is 3.41. The number of amides is 1. The SMILES string of the molecule is Cc1oc2ccc(OC(F)(F)c3cccnc3C#N)cc2c1C(=O)NC1(CO)CCOCC1. The number of aliphatic hydroxyl groups excluding tert-OH is 1. The third-order valence-electron chi connectivity index (χ3n) is 5.67. The number of nitriles is 1. The first kappa shape index (κ1) is 22.6. The van der Waals surface area contributed by atoms with Gasteiger partial charge < -0.3 is 24.3 Å². The number of aryl methyl sites for hydroxylation is 1. The molecule has 3 heterocycles. The van der Waals surface area contributed by atoms with Gasteiger partial charge in [-0.05, 0) is 50.1 Å². The van der Waals surface area contributed by atoms with Crippen LogP contribution >= 0.6 is 0 Å². The molecule has 1 saturated heterocycles. The van der Waals surface area contributed by atoms with Crippen LogP contribution in [0, 0.1) is 18.3 Å². The summed E-state index contributed by atoms with van der Waals surface area (Å²) < 4.78 is 45.5. The number of fused-ring (bicyclic) bond motifs is 1. The number of aromatic nitrogens is 1. The number of furan rings is 1. The number of nitrogens with zero attached hydrogens (tertiary/aromatic N) is 2. The Morgan fingerprint density at radius 2 is 2.12 bits per heavy atom. The summed E-state index contributed by atoms with van der Waals surface area (Å²) in [6.07, 6.45) is -1.72. The lowest BCUT2D eigenvalue weighted by Crippen LogP contribution is -2.54. The summed E-state index contributed by atoms with van der Waals surface area (Å²) in [5.74, 6) is -0.422. The van der Waals surface area contributed by atoms with Gasteiger partial charge in [0.15, 0.2) is 5.69 Å². The molecule has 4 rings (SSSR count). The van der Waals surface area contributed by atoms with Crippen molar-refractivity contribution < 1.29 is 32.6 Å². The van der Waals surface area contributed by atoms with E-state index >= 15 is 0 Å². The van der Waals surface area contributed by atoms with Gasteiger partial charge in [0.2, 0.25) is 0 Å². The summed E-state index contributed by atoms with van der Waals surface area (Å²) in [4.78, 5) is 16.8. The predicted molar refractivity (Wildman–Crippen MR) is 112 cm³/mol. The maximum absolute atomic E-state index is 14.8. The van der Waals surface area contributed by atoms with Crippen molar-refractivity contribution in [3.63, 3.8) is 0 Å². The molecule has 0 saturated carbocycles. The second-order valence-corrected chi connectivity index (χ2v) is 7.83. The van der Waals surface area contributed by atoms with Gasteiger partial charge >= 0.3 is 6.11 Å². The molecular formula is C23H21F2N3O5. The Balaban J connectivity index is 1.66. The largest absolute Gasteiger partial charge is 0.461 e. The highest BCUT2D eigenvalue weighted by Crippen LogP contribution is 2.36. The first-order chi connectivity index (χ1) is 15.8. The van der Waals surface area contributed by atoms with E-state index in [4.69, 9.17) is 19.2 Å². The van der Waals surface area contributed by atoms with Crippen LogP contribution in [0.25, 0.3) is 11.0 Å². The Hall–Kier alpha value is -3.55. The number of ether oxygens (including phenoxy) is 2. The van der Waals surface area contributed by atoms with E-state index in [0.717, 1.165) is 6.07 Å². The van der Waals surface area contributed by atoms with Crippen molar-refractivity contribution in [1.29, 1.82) is 5.26 Å². The number of alkyl halides is 2. The van der Waals surface area contributed by atoms with Crippen molar-refractivity contribution in [2.24, 2.45) is 0 Å². The van der Waals surface area contributed by atoms with E-state index < -0.39 is 28.8 Å². The highest BCUT2D eigenvalue weighted by molar-refractivity contribution is 6.07. The molecule has 1 aliphatic heterocycles. The van der Waals surface area contributed by atoms with Gasteiger partial charge in [-0.1, -0.05) is 0 Å². The molecule has 3 aromatic rings.